The van der Waals surface area contributed by atoms with Gasteiger partial charge in [0.1, 0.15) is 17.2 Å². The van der Waals surface area contributed by atoms with Gasteiger partial charge in [0.25, 0.3) is 0 Å². The van der Waals surface area contributed by atoms with Gasteiger partial charge in [-0.25, -0.2) is 9.97 Å². The number of hydrogen-bond donors (Lipinski definition) is 1. The highest BCUT2D eigenvalue weighted by Crippen LogP contribution is 2.35. The van der Waals surface area contributed by atoms with Crippen molar-refractivity contribution in [2.45, 2.75) is 175 Å². The maximum atomic E-state index is 13.1. The fraction of sp³-hybridized carbons (Fsp3) is 0.652. The van der Waals surface area contributed by atoms with Crippen molar-refractivity contribution in [3.8, 4) is 0 Å². The van der Waals surface area contributed by atoms with Crippen molar-refractivity contribution in [1.82, 2.24) is 24.7 Å². The summed E-state index contributed by atoms with van der Waals surface area (Å²) in [6.45, 7) is 29.7. The van der Waals surface area contributed by atoms with Crippen LogP contribution in [0, 0.1) is 20.8 Å². The number of anilines is 2. The average Bonchev–Trinajstić information content (AvgIpc) is 1.44. The van der Waals surface area contributed by atoms with Crippen LogP contribution in [0.15, 0.2) is 79.1 Å². The van der Waals surface area contributed by atoms with Gasteiger partial charge in [-0.3, -0.25) is 19.4 Å². The average molecular weight is 1190 g/mol. The van der Waals surface area contributed by atoms with E-state index in [0.29, 0.717) is 39.4 Å². The van der Waals surface area contributed by atoms with Gasteiger partial charge in [-0.1, -0.05) is 75.2 Å². The molecule has 17 nitrogen and oxygen atoms in total. The molecule has 0 unspecified atom stereocenters. The van der Waals surface area contributed by atoms with E-state index in [1.54, 1.807) is 14.2 Å². The Kier molecular flexibility index (Phi) is 29.1. The maximum absolute atomic E-state index is 13.1. The van der Waals surface area contributed by atoms with Gasteiger partial charge in [0.15, 0.2) is 6.29 Å². The fourth-order valence-electron chi connectivity index (χ4n) is 12.2. The molecule has 0 bridgehead atoms. The van der Waals surface area contributed by atoms with Crippen molar-refractivity contribution >= 4 is 23.5 Å². The molecule has 1 saturated carbocycles. The molecule has 5 fully saturated rings. The van der Waals surface area contributed by atoms with Crippen LogP contribution in [0.5, 0.6) is 0 Å². The summed E-state index contributed by atoms with van der Waals surface area (Å²) in [5, 5.41) is 7.00. The van der Waals surface area contributed by atoms with E-state index in [4.69, 9.17) is 43.2 Å². The topological polar surface area (TPSA) is 161 Å². The summed E-state index contributed by atoms with van der Waals surface area (Å²) >= 11 is 0. The molecule has 0 atom stereocenters. The number of aryl methyl sites for hydroxylation is 3. The van der Waals surface area contributed by atoms with E-state index in [1.165, 1.54) is 51.8 Å². The molecule has 2 aromatic carbocycles. The van der Waals surface area contributed by atoms with Gasteiger partial charge in [0.2, 0.25) is 5.91 Å². The highest BCUT2D eigenvalue weighted by atomic mass is 16.7. The van der Waals surface area contributed by atoms with Crippen LogP contribution in [0.1, 0.15) is 138 Å². The molecule has 2 spiro atoms. The molecule has 1 amide bonds. The predicted octanol–water partition coefficient (Wildman–Crippen LogP) is 10.1. The first-order valence-corrected chi connectivity index (χ1v) is 32.0. The lowest BCUT2D eigenvalue weighted by Gasteiger charge is -2.47. The molecule has 478 valence electrons. The lowest BCUT2D eigenvalue weighted by molar-refractivity contribution is -0.156. The van der Waals surface area contributed by atoms with Crippen molar-refractivity contribution in [2.75, 3.05) is 130 Å². The van der Waals surface area contributed by atoms with Crippen LogP contribution in [0.25, 0.3) is 0 Å². The molecule has 17 heteroatoms. The molecule has 1 aliphatic carbocycles. The lowest BCUT2D eigenvalue weighted by atomic mass is 9.89. The Morgan fingerprint density at radius 3 is 1.65 bits per heavy atom. The number of aliphatic hydroxyl groups excluding tert-OH is 1. The minimum atomic E-state index is -0.449. The second kappa shape index (κ2) is 35.8. The summed E-state index contributed by atoms with van der Waals surface area (Å²) < 4.78 is 40.5. The summed E-state index contributed by atoms with van der Waals surface area (Å²) in [6.07, 6.45) is 14.5. The molecular formula is C69H107N7O10. The van der Waals surface area contributed by atoms with E-state index in [1.807, 2.05) is 58.0 Å². The number of piperidine rings is 2. The molecular weight excluding hydrogens is 1090 g/mol. The normalized spacial score (nSPS) is 18.0. The summed E-state index contributed by atoms with van der Waals surface area (Å²) in [6, 6.07) is 24.3. The fourth-order valence-corrected chi connectivity index (χ4v) is 12.2. The van der Waals surface area contributed by atoms with Gasteiger partial charge in [-0.05, 0) is 150 Å². The van der Waals surface area contributed by atoms with Crippen molar-refractivity contribution in [2.24, 2.45) is 0 Å². The number of aromatic nitrogens is 2. The Labute approximate surface area is 516 Å². The van der Waals surface area contributed by atoms with Gasteiger partial charge in [-0.15, -0.1) is 0 Å². The zero-order chi connectivity index (χ0) is 62.0. The van der Waals surface area contributed by atoms with Crippen LogP contribution in [-0.4, -0.2) is 191 Å². The smallest absolute Gasteiger partial charge is 0.308 e. The number of morpholine rings is 2. The number of amides is 1. The van der Waals surface area contributed by atoms with Gasteiger partial charge >= 0.3 is 5.97 Å². The molecule has 2 aromatic heterocycles. The van der Waals surface area contributed by atoms with E-state index in [2.05, 4.69) is 106 Å². The number of aliphatic hydroxyl groups is 1. The largest absolute Gasteiger partial charge is 0.460 e. The van der Waals surface area contributed by atoms with Crippen molar-refractivity contribution < 1.29 is 47.9 Å². The summed E-state index contributed by atoms with van der Waals surface area (Å²) in [5.41, 5.74) is 8.37. The minimum absolute atomic E-state index is 0.0708. The van der Waals surface area contributed by atoms with E-state index >= 15 is 0 Å². The summed E-state index contributed by atoms with van der Waals surface area (Å²) in [4.78, 5) is 46.1. The van der Waals surface area contributed by atoms with E-state index in [0.717, 1.165) is 149 Å². The first-order valence-electron chi connectivity index (χ1n) is 32.0. The second-order valence-electron chi connectivity index (χ2n) is 24.6. The molecule has 86 heavy (non-hydrogen) atoms. The molecule has 4 aromatic rings. The quantitative estimate of drug-likeness (QED) is 0.0424. The van der Waals surface area contributed by atoms with Crippen molar-refractivity contribution in [3.63, 3.8) is 0 Å². The van der Waals surface area contributed by atoms with Crippen LogP contribution in [0.4, 0.5) is 11.6 Å². The van der Waals surface area contributed by atoms with Crippen molar-refractivity contribution in [3.05, 3.63) is 118 Å². The van der Waals surface area contributed by atoms with Gasteiger partial charge in [0, 0.05) is 105 Å². The Morgan fingerprint density at radius 1 is 0.663 bits per heavy atom. The van der Waals surface area contributed by atoms with Crippen LogP contribution in [0.2, 0.25) is 0 Å². The molecule has 1 N–H and O–H groups in total. The maximum Gasteiger partial charge on any atom is 0.308 e. The number of carbonyl (C=O) groups excluding carboxylic acids is 2. The molecule has 9 rings (SSSR count). The van der Waals surface area contributed by atoms with E-state index in [9.17, 15) is 9.59 Å². The third-order valence-electron chi connectivity index (χ3n) is 17.1. The Bertz CT molecular complexity index is 2610. The third kappa shape index (κ3) is 22.5. The zero-order valence-electron chi connectivity index (χ0n) is 54.4. The number of pyridine rings is 2. The van der Waals surface area contributed by atoms with E-state index in [-0.39, 0.29) is 35.5 Å². The SMILES string of the molecule is CC.CO.COC(CN(C(=O)CCOCCc1cccc(CN2CCC3(CC2)CN(c2cc(C)c(C)cn2)CCO3)c1)C1CCCC1)OC.Cc1ccnc(N2CCOC3(CCN(Cc4cccc(CCOCCC(=O)OC(C)(C)C)c4)CC3)C2)c1. The number of ether oxygens (including phenoxy) is 7. The number of methoxy groups -OCH3 is 2. The van der Waals surface area contributed by atoms with Crippen LogP contribution >= 0.6 is 0 Å². The molecule has 0 radical (unpaired) electrons. The monoisotopic (exact) mass is 1190 g/mol. The number of nitrogens with zero attached hydrogens (tertiary/aromatic N) is 7. The molecule has 4 saturated heterocycles. The predicted molar refractivity (Wildman–Crippen MR) is 342 cm³/mol. The van der Waals surface area contributed by atoms with Gasteiger partial charge < -0.3 is 53.0 Å². The van der Waals surface area contributed by atoms with Crippen LogP contribution in [-0.2, 0) is 68.7 Å². The Morgan fingerprint density at radius 2 is 1.16 bits per heavy atom. The standard InChI is InChI=1S/C36H54N4O5.C30H43N3O4.C2H6.CH4O/c1-28-22-33(37-24-29(28)2)39-18-21-45-36(27-39)14-16-38(17-15-36)25-31-9-7-8-30(23-31)12-19-44-20-13-34(41)40(26-35(42-3)43-4)32-10-5-6-11-32;1-24-8-13-31-27(20-24)33-16-19-36-30(23-33)11-14-32(15-12-30)22-26-7-5-6-25(21-26)9-17-35-18-10-28(34)37-29(2,3)4;2*1-2/h7-9,22-24,32,35H,5-6,10-21,25-27H2,1-4H3;5-8,13,20-21H,9-12,14-19,22-23H2,1-4H3;1-2H3;2H,1H3. The highest BCUT2D eigenvalue weighted by molar-refractivity contribution is 5.76. The first kappa shape index (κ1) is 70.0. The van der Waals surface area contributed by atoms with E-state index < -0.39 is 11.9 Å². The minimum Gasteiger partial charge on any atom is -0.460 e. The number of benzene rings is 2. The van der Waals surface area contributed by atoms with Crippen LogP contribution < -0.4 is 9.80 Å². The highest BCUT2D eigenvalue weighted by Gasteiger charge is 2.42. The Hall–Kier alpha value is -5.08. The molecule has 6 heterocycles. The number of esters is 1. The summed E-state index contributed by atoms with van der Waals surface area (Å²) in [7, 11) is 4.24. The van der Waals surface area contributed by atoms with Crippen LogP contribution in [0.3, 0.4) is 0 Å². The number of carbonyl (C=O) groups is 2. The van der Waals surface area contributed by atoms with Crippen molar-refractivity contribution in [1.29, 1.82) is 0 Å². The van der Waals surface area contributed by atoms with Gasteiger partial charge in [-0.2, -0.15) is 0 Å². The zero-order valence-corrected chi connectivity index (χ0v) is 54.4. The second-order valence-corrected chi connectivity index (χ2v) is 24.6. The lowest BCUT2D eigenvalue weighted by Crippen LogP contribution is -2.57. The van der Waals surface area contributed by atoms with Gasteiger partial charge in [0.05, 0.1) is 70.2 Å². The molecule has 5 aliphatic rings. The first-order chi connectivity index (χ1) is 41.6. The number of hydrogen-bond acceptors (Lipinski definition) is 16. The third-order valence-corrected chi connectivity index (χ3v) is 17.1. The number of rotatable bonds is 23. The summed E-state index contributed by atoms with van der Waals surface area (Å²) in [5.74, 6) is 2.05. The number of likely N-dealkylation sites (tertiary alicyclic amines) is 2. The Balaban J connectivity index is 0.000000265. The molecule has 4 aliphatic heterocycles.